The van der Waals surface area contributed by atoms with Crippen LogP contribution >= 0.6 is 0 Å². The van der Waals surface area contributed by atoms with Crippen LogP contribution in [0, 0.1) is 0 Å². The topological polar surface area (TPSA) is 102 Å². The molecule has 0 bridgehead atoms. The quantitative estimate of drug-likeness (QED) is 0.624. The number of nitrogen functional groups attached to an aromatic ring is 1. The van der Waals surface area contributed by atoms with E-state index in [4.69, 9.17) is 15.6 Å². The zero-order valence-electron chi connectivity index (χ0n) is 10.9. The van der Waals surface area contributed by atoms with Crippen LogP contribution in [0.4, 0.5) is 5.69 Å². The normalized spacial score (nSPS) is 12.4. The SMILES string of the molecule is CCc1nn(C)c(C(=O)NC(CO)COC)c1N. The fourth-order valence-electron chi connectivity index (χ4n) is 1.72. The van der Waals surface area contributed by atoms with Crippen LogP contribution < -0.4 is 11.1 Å². The second-order valence-corrected chi connectivity index (χ2v) is 3.99. The molecule has 0 radical (unpaired) electrons. The molecule has 0 spiro atoms. The highest BCUT2D eigenvalue weighted by atomic mass is 16.5. The Morgan fingerprint density at radius 3 is 2.78 bits per heavy atom. The van der Waals surface area contributed by atoms with Crippen molar-refractivity contribution in [3.63, 3.8) is 0 Å². The van der Waals surface area contributed by atoms with Crippen molar-refractivity contribution in [2.24, 2.45) is 7.05 Å². The van der Waals surface area contributed by atoms with Crippen LogP contribution in [0.25, 0.3) is 0 Å². The number of carbonyl (C=O) groups excluding carboxylic acids is 1. The van der Waals surface area contributed by atoms with Gasteiger partial charge in [-0.1, -0.05) is 6.92 Å². The molecule has 1 aromatic rings. The first-order chi connectivity index (χ1) is 8.54. The third kappa shape index (κ3) is 2.99. The molecule has 1 rings (SSSR count). The van der Waals surface area contributed by atoms with Gasteiger partial charge in [-0.05, 0) is 6.42 Å². The summed E-state index contributed by atoms with van der Waals surface area (Å²) in [7, 11) is 3.16. The smallest absolute Gasteiger partial charge is 0.272 e. The lowest BCUT2D eigenvalue weighted by atomic mass is 10.2. The summed E-state index contributed by atoms with van der Waals surface area (Å²) in [6, 6.07) is -0.457. The largest absolute Gasteiger partial charge is 0.395 e. The molecule has 0 aliphatic rings. The van der Waals surface area contributed by atoms with Crippen molar-refractivity contribution in [2.45, 2.75) is 19.4 Å². The summed E-state index contributed by atoms with van der Waals surface area (Å²) in [5, 5.41) is 15.9. The van der Waals surface area contributed by atoms with Gasteiger partial charge < -0.3 is 20.9 Å². The highest BCUT2D eigenvalue weighted by Crippen LogP contribution is 2.16. The minimum absolute atomic E-state index is 0.196. The van der Waals surface area contributed by atoms with Crippen LogP contribution in [-0.4, -0.2) is 47.2 Å². The molecule has 0 fully saturated rings. The van der Waals surface area contributed by atoms with Gasteiger partial charge in [-0.15, -0.1) is 0 Å². The van der Waals surface area contributed by atoms with Gasteiger partial charge in [-0.2, -0.15) is 5.10 Å². The van der Waals surface area contributed by atoms with Crippen LogP contribution in [0.3, 0.4) is 0 Å². The van der Waals surface area contributed by atoms with Gasteiger partial charge in [-0.25, -0.2) is 0 Å². The molecule has 1 atom stereocenters. The maximum atomic E-state index is 12.0. The average Bonchev–Trinajstić information content (AvgIpc) is 2.63. The fourth-order valence-corrected chi connectivity index (χ4v) is 1.72. The lowest BCUT2D eigenvalue weighted by Crippen LogP contribution is -2.41. The van der Waals surface area contributed by atoms with Gasteiger partial charge in [0, 0.05) is 14.2 Å². The number of amides is 1. The number of carbonyl (C=O) groups is 1. The van der Waals surface area contributed by atoms with Crippen LogP contribution in [0.2, 0.25) is 0 Å². The highest BCUT2D eigenvalue weighted by molar-refractivity contribution is 5.98. The van der Waals surface area contributed by atoms with Gasteiger partial charge in [0.1, 0.15) is 5.69 Å². The van der Waals surface area contributed by atoms with Crippen molar-refractivity contribution < 1.29 is 14.6 Å². The van der Waals surface area contributed by atoms with Crippen LogP contribution in [0.5, 0.6) is 0 Å². The number of aryl methyl sites for hydroxylation is 2. The molecular weight excluding hydrogens is 236 g/mol. The number of ether oxygens (including phenoxy) is 1. The lowest BCUT2D eigenvalue weighted by molar-refractivity contribution is 0.0832. The van der Waals surface area contributed by atoms with Gasteiger partial charge in [0.25, 0.3) is 5.91 Å². The van der Waals surface area contributed by atoms with E-state index < -0.39 is 6.04 Å². The number of methoxy groups -OCH3 is 1. The predicted octanol–water partition coefficient (Wildman–Crippen LogP) is -0.698. The third-order valence-corrected chi connectivity index (χ3v) is 2.63. The first-order valence-corrected chi connectivity index (χ1v) is 5.77. The number of aliphatic hydroxyl groups is 1. The maximum absolute atomic E-state index is 12.0. The molecular formula is C11H20N4O3. The number of hydrogen-bond donors (Lipinski definition) is 3. The summed E-state index contributed by atoms with van der Waals surface area (Å²) < 4.78 is 6.34. The molecule has 1 heterocycles. The standard InChI is InChI=1S/C11H20N4O3/c1-4-8-9(12)10(15(2)14-8)11(17)13-7(5-16)6-18-3/h7,16H,4-6,12H2,1-3H3,(H,13,17). The molecule has 1 aromatic heterocycles. The summed E-state index contributed by atoms with van der Waals surface area (Å²) in [6.07, 6.45) is 0.661. The molecule has 102 valence electrons. The van der Waals surface area contributed by atoms with Crippen LogP contribution in [0.1, 0.15) is 23.1 Å². The van der Waals surface area contributed by atoms with Crippen molar-refractivity contribution >= 4 is 11.6 Å². The van der Waals surface area contributed by atoms with E-state index in [2.05, 4.69) is 10.4 Å². The Balaban J connectivity index is 2.87. The lowest BCUT2D eigenvalue weighted by Gasteiger charge is -2.15. The van der Waals surface area contributed by atoms with E-state index in [0.29, 0.717) is 23.5 Å². The number of nitrogens with one attached hydrogen (secondary N) is 1. The Labute approximate surface area is 106 Å². The number of hydrogen-bond acceptors (Lipinski definition) is 5. The summed E-state index contributed by atoms with van der Waals surface area (Å²) in [5.74, 6) is -0.363. The fraction of sp³-hybridized carbons (Fsp3) is 0.636. The molecule has 1 amide bonds. The average molecular weight is 256 g/mol. The second-order valence-electron chi connectivity index (χ2n) is 3.99. The first kappa shape index (κ1) is 14.5. The van der Waals surface area contributed by atoms with Gasteiger partial charge in [0.05, 0.1) is 30.6 Å². The first-order valence-electron chi connectivity index (χ1n) is 5.77. The molecule has 18 heavy (non-hydrogen) atoms. The van der Waals surface area contributed by atoms with Crippen LogP contribution in [-0.2, 0) is 18.2 Å². The summed E-state index contributed by atoms with van der Waals surface area (Å²) in [4.78, 5) is 12.0. The molecule has 0 aliphatic carbocycles. The minimum atomic E-state index is -0.457. The number of nitrogens with zero attached hydrogens (tertiary/aromatic N) is 2. The monoisotopic (exact) mass is 256 g/mol. The highest BCUT2D eigenvalue weighted by Gasteiger charge is 2.21. The molecule has 0 aromatic carbocycles. The number of rotatable bonds is 6. The molecule has 0 saturated heterocycles. The van der Waals surface area contributed by atoms with Crippen molar-refractivity contribution in [2.75, 3.05) is 26.1 Å². The zero-order chi connectivity index (χ0) is 13.7. The Morgan fingerprint density at radius 2 is 2.33 bits per heavy atom. The molecule has 7 heteroatoms. The zero-order valence-corrected chi connectivity index (χ0v) is 10.9. The Kier molecular flexibility index (Phi) is 5.11. The van der Waals surface area contributed by atoms with E-state index in [-0.39, 0.29) is 19.1 Å². The van der Waals surface area contributed by atoms with Crippen molar-refractivity contribution in [3.05, 3.63) is 11.4 Å². The van der Waals surface area contributed by atoms with E-state index in [1.54, 1.807) is 7.05 Å². The molecule has 0 aliphatic heterocycles. The van der Waals surface area contributed by atoms with Crippen molar-refractivity contribution in [1.29, 1.82) is 0 Å². The van der Waals surface area contributed by atoms with E-state index in [0.717, 1.165) is 0 Å². The number of aliphatic hydroxyl groups excluding tert-OH is 1. The van der Waals surface area contributed by atoms with Crippen LogP contribution in [0.15, 0.2) is 0 Å². The van der Waals surface area contributed by atoms with E-state index in [1.807, 2.05) is 6.92 Å². The number of aromatic nitrogens is 2. The van der Waals surface area contributed by atoms with Gasteiger partial charge in [0.15, 0.2) is 0 Å². The number of anilines is 1. The van der Waals surface area contributed by atoms with E-state index >= 15 is 0 Å². The molecule has 1 unspecified atom stereocenters. The second kappa shape index (κ2) is 6.36. The Morgan fingerprint density at radius 1 is 1.67 bits per heavy atom. The van der Waals surface area contributed by atoms with Crippen molar-refractivity contribution in [3.8, 4) is 0 Å². The summed E-state index contributed by atoms with van der Waals surface area (Å²) in [5.41, 5.74) is 7.25. The molecule has 0 saturated carbocycles. The summed E-state index contributed by atoms with van der Waals surface area (Å²) >= 11 is 0. The molecule has 4 N–H and O–H groups in total. The van der Waals surface area contributed by atoms with E-state index in [9.17, 15) is 4.79 Å². The minimum Gasteiger partial charge on any atom is -0.395 e. The Hall–Kier alpha value is -1.60. The third-order valence-electron chi connectivity index (χ3n) is 2.63. The predicted molar refractivity (Wildman–Crippen MR) is 67.2 cm³/mol. The maximum Gasteiger partial charge on any atom is 0.272 e. The van der Waals surface area contributed by atoms with Gasteiger partial charge in [-0.3, -0.25) is 9.48 Å². The number of nitrogens with two attached hydrogens (primary N) is 1. The van der Waals surface area contributed by atoms with E-state index in [1.165, 1.54) is 11.8 Å². The summed E-state index contributed by atoms with van der Waals surface area (Å²) in [6.45, 7) is 1.96. The van der Waals surface area contributed by atoms with Gasteiger partial charge in [0.2, 0.25) is 0 Å². The van der Waals surface area contributed by atoms with Crippen molar-refractivity contribution in [1.82, 2.24) is 15.1 Å². The molecule has 7 nitrogen and oxygen atoms in total. The Bertz CT molecular complexity index is 417. The van der Waals surface area contributed by atoms with Gasteiger partial charge >= 0.3 is 0 Å².